The maximum absolute atomic E-state index is 14.3. The highest BCUT2D eigenvalue weighted by molar-refractivity contribution is 14.0. The average Bonchev–Trinajstić information content (AvgIpc) is 3.31. The van der Waals surface area contributed by atoms with Crippen molar-refractivity contribution in [3.8, 4) is 5.69 Å². The first-order valence-electron chi connectivity index (χ1n) is 8.93. The number of imidazole rings is 1. The number of aromatic nitrogens is 2. The van der Waals surface area contributed by atoms with Crippen LogP contribution in [0.3, 0.4) is 0 Å². The number of hydrogen-bond acceptors (Lipinski definition) is 3. The van der Waals surface area contributed by atoms with Gasteiger partial charge in [-0.1, -0.05) is 6.07 Å². The highest BCUT2D eigenvalue weighted by Gasteiger charge is 2.21. The fourth-order valence-electron chi connectivity index (χ4n) is 2.68. The maximum Gasteiger partial charge on any atom is 0.193 e. The summed E-state index contributed by atoms with van der Waals surface area (Å²) in [7, 11) is 3.71. The summed E-state index contributed by atoms with van der Waals surface area (Å²) in [6.07, 6.45) is 7.53. The molecule has 1 aromatic heterocycles. The van der Waals surface area contributed by atoms with Gasteiger partial charge in [-0.2, -0.15) is 0 Å². The molecule has 148 valence electrons. The number of nitrogens with zero attached hydrogens (tertiary/aromatic N) is 4. The first kappa shape index (κ1) is 21.6. The SMILES string of the molecule is CN=C(NCc1ccc(-n2ccnc2)c(F)c1)N(C)CCOCC1CC1.I. The van der Waals surface area contributed by atoms with E-state index in [-0.39, 0.29) is 29.8 Å². The van der Waals surface area contributed by atoms with Gasteiger partial charge in [0.25, 0.3) is 0 Å². The second-order valence-corrected chi connectivity index (χ2v) is 6.60. The number of likely N-dealkylation sites (N-methyl/N-ethyl adjacent to an activating group) is 1. The van der Waals surface area contributed by atoms with E-state index in [1.807, 2.05) is 18.0 Å². The monoisotopic (exact) mass is 487 g/mol. The fraction of sp³-hybridized carbons (Fsp3) is 0.474. The third-order valence-electron chi connectivity index (χ3n) is 4.44. The Morgan fingerprint density at radius 1 is 1.44 bits per heavy atom. The lowest BCUT2D eigenvalue weighted by Crippen LogP contribution is -2.40. The summed E-state index contributed by atoms with van der Waals surface area (Å²) in [6.45, 7) is 2.81. The molecule has 1 aliphatic rings. The normalized spacial score (nSPS) is 14.0. The molecular weight excluding hydrogens is 460 g/mol. The van der Waals surface area contributed by atoms with Crippen LogP contribution >= 0.6 is 24.0 Å². The Kier molecular flexibility index (Phi) is 8.49. The summed E-state index contributed by atoms with van der Waals surface area (Å²) in [4.78, 5) is 10.2. The van der Waals surface area contributed by atoms with E-state index in [2.05, 4.69) is 15.3 Å². The van der Waals surface area contributed by atoms with Crippen molar-refractivity contribution in [2.24, 2.45) is 10.9 Å². The van der Waals surface area contributed by atoms with Gasteiger partial charge < -0.3 is 19.5 Å². The third kappa shape index (κ3) is 6.46. The van der Waals surface area contributed by atoms with Crippen molar-refractivity contribution in [2.75, 3.05) is 33.9 Å². The Labute approximate surface area is 176 Å². The van der Waals surface area contributed by atoms with Crippen LogP contribution in [0.25, 0.3) is 5.69 Å². The van der Waals surface area contributed by atoms with Gasteiger partial charge >= 0.3 is 0 Å². The molecule has 2 aromatic rings. The number of nitrogens with one attached hydrogen (secondary N) is 1. The summed E-state index contributed by atoms with van der Waals surface area (Å²) in [5.74, 6) is 1.26. The zero-order valence-electron chi connectivity index (χ0n) is 15.8. The summed E-state index contributed by atoms with van der Waals surface area (Å²) in [5, 5.41) is 3.26. The minimum absolute atomic E-state index is 0. The minimum atomic E-state index is -0.279. The van der Waals surface area contributed by atoms with E-state index in [4.69, 9.17) is 4.74 Å². The van der Waals surface area contributed by atoms with Crippen molar-refractivity contribution in [2.45, 2.75) is 19.4 Å². The van der Waals surface area contributed by atoms with Crippen LogP contribution in [0.2, 0.25) is 0 Å². The van der Waals surface area contributed by atoms with Crippen LogP contribution in [-0.2, 0) is 11.3 Å². The van der Waals surface area contributed by atoms with Gasteiger partial charge in [0.2, 0.25) is 0 Å². The lowest BCUT2D eigenvalue weighted by molar-refractivity contribution is 0.115. The molecule has 0 aliphatic heterocycles. The van der Waals surface area contributed by atoms with Gasteiger partial charge in [0.15, 0.2) is 5.96 Å². The van der Waals surface area contributed by atoms with Crippen LogP contribution in [0.1, 0.15) is 18.4 Å². The van der Waals surface area contributed by atoms with Crippen molar-refractivity contribution in [1.29, 1.82) is 0 Å². The first-order valence-corrected chi connectivity index (χ1v) is 8.93. The molecule has 27 heavy (non-hydrogen) atoms. The van der Waals surface area contributed by atoms with Crippen molar-refractivity contribution in [3.63, 3.8) is 0 Å². The van der Waals surface area contributed by atoms with Gasteiger partial charge in [-0.3, -0.25) is 4.99 Å². The topological polar surface area (TPSA) is 54.7 Å². The lowest BCUT2D eigenvalue weighted by Gasteiger charge is -2.22. The van der Waals surface area contributed by atoms with E-state index >= 15 is 0 Å². The van der Waals surface area contributed by atoms with Crippen LogP contribution in [0.5, 0.6) is 0 Å². The van der Waals surface area contributed by atoms with Crippen molar-refractivity contribution in [3.05, 3.63) is 48.3 Å². The number of guanidine groups is 1. The molecule has 1 aliphatic carbocycles. The number of halogens is 2. The Bertz CT molecular complexity index is 734. The van der Waals surface area contributed by atoms with E-state index in [0.717, 1.165) is 30.6 Å². The third-order valence-corrected chi connectivity index (χ3v) is 4.44. The zero-order valence-corrected chi connectivity index (χ0v) is 18.1. The molecule has 6 nitrogen and oxygen atoms in total. The molecule has 0 spiro atoms. The number of benzene rings is 1. The van der Waals surface area contributed by atoms with Gasteiger partial charge in [-0.15, -0.1) is 24.0 Å². The van der Waals surface area contributed by atoms with Crippen LogP contribution in [0.4, 0.5) is 4.39 Å². The maximum atomic E-state index is 14.3. The molecule has 0 bridgehead atoms. The van der Waals surface area contributed by atoms with Crippen LogP contribution < -0.4 is 5.32 Å². The molecule has 1 N–H and O–H groups in total. The van der Waals surface area contributed by atoms with Crippen molar-refractivity contribution < 1.29 is 9.13 Å². The van der Waals surface area contributed by atoms with Crippen LogP contribution in [0, 0.1) is 11.7 Å². The van der Waals surface area contributed by atoms with E-state index in [9.17, 15) is 4.39 Å². The highest BCUT2D eigenvalue weighted by atomic mass is 127. The molecule has 0 unspecified atom stereocenters. The van der Waals surface area contributed by atoms with Crippen molar-refractivity contribution >= 4 is 29.9 Å². The molecule has 1 aromatic carbocycles. The fourth-order valence-corrected chi connectivity index (χ4v) is 2.68. The molecule has 0 radical (unpaired) electrons. The molecule has 1 saturated carbocycles. The highest BCUT2D eigenvalue weighted by Crippen LogP contribution is 2.28. The molecule has 0 atom stereocenters. The summed E-state index contributed by atoms with van der Waals surface area (Å²) in [6, 6.07) is 5.19. The quantitative estimate of drug-likeness (QED) is 0.269. The predicted octanol–water partition coefficient (Wildman–Crippen LogP) is 3.06. The van der Waals surface area contributed by atoms with Gasteiger partial charge in [0, 0.05) is 46.2 Å². The van der Waals surface area contributed by atoms with Gasteiger partial charge in [0.05, 0.1) is 18.6 Å². The van der Waals surface area contributed by atoms with E-state index in [1.54, 1.807) is 36.4 Å². The van der Waals surface area contributed by atoms with Gasteiger partial charge in [-0.05, 0) is 36.5 Å². The molecule has 1 fully saturated rings. The second-order valence-electron chi connectivity index (χ2n) is 6.60. The molecule has 1 heterocycles. The second kappa shape index (κ2) is 10.6. The van der Waals surface area contributed by atoms with E-state index in [0.29, 0.717) is 18.8 Å². The smallest absolute Gasteiger partial charge is 0.193 e. The van der Waals surface area contributed by atoms with E-state index < -0.39 is 0 Å². The summed E-state index contributed by atoms with van der Waals surface area (Å²) >= 11 is 0. The largest absolute Gasteiger partial charge is 0.379 e. The first-order chi connectivity index (χ1) is 12.7. The van der Waals surface area contributed by atoms with Gasteiger partial charge in [0.1, 0.15) is 5.82 Å². The Balaban J connectivity index is 0.00000261. The lowest BCUT2D eigenvalue weighted by atomic mass is 10.2. The number of aliphatic imine (C=N–C) groups is 1. The minimum Gasteiger partial charge on any atom is -0.379 e. The Morgan fingerprint density at radius 2 is 2.26 bits per heavy atom. The molecule has 0 amide bonds. The molecule has 3 rings (SSSR count). The summed E-state index contributed by atoms with van der Waals surface area (Å²) in [5.41, 5.74) is 1.34. The number of rotatable bonds is 8. The standard InChI is InChI=1S/C19H26FN5O.HI/c1-21-19(24(2)9-10-26-13-15-3-4-15)23-12-16-5-6-18(17(20)11-16)25-8-7-22-14-25;/h5-8,11,14-15H,3-4,9-10,12-13H2,1-2H3,(H,21,23);1H. The molecule has 8 heteroatoms. The van der Waals surface area contributed by atoms with Gasteiger partial charge in [-0.25, -0.2) is 9.37 Å². The van der Waals surface area contributed by atoms with E-state index in [1.165, 1.54) is 18.9 Å². The van der Waals surface area contributed by atoms with Crippen LogP contribution in [-0.4, -0.2) is 54.3 Å². The predicted molar refractivity (Wildman–Crippen MR) is 115 cm³/mol. The summed E-state index contributed by atoms with van der Waals surface area (Å²) < 4.78 is 21.6. The average molecular weight is 487 g/mol. The number of hydrogen-bond donors (Lipinski definition) is 1. The number of ether oxygens (including phenoxy) is 1. The molecule has 0 saturated heterocycles. The zero-order chi connectivity index (χ0) is 18.4. The molecular formula is C19H27FIN5O. The Morgan fingerprint density at radius 3 is 2.89 bits per heavy atom. The van der Waals surface area contributed by atoms with Crippen molar-refractivity contribution in [1.82, 2.24) is 19.8 Å². The Hall–Kier alpha value is -1.68. The van der Waals surface area contributed by atoms with Crippen LogP contribution in [0.15, 0.2) is 41.9 Å².